The van der Waals surface area contributed by atoms with Crippen LogP contribution >= 0.6 is 0 Å². The number of carbonyl (C=O) groups is 1. The van der Waals surface area contributed by atoms with E-state index in [1.165, 1.54) is 62.7 Å². The molecule has 4 N–H and O–H groups in total. The van der Waals surface area contributed by atoms with Crippen molar-refractivity contribution in [3.8, 4) is 17.0 Å². The molecule has 0 bridgehead atoms. The second kappa shape index (κ2) is 11.4. The van der Waals surface area contributed by atoms with Crippen LogP contribution in [0, 0.1) is 52.3 Å². The lowest BCUT2D eigenvalue weighted by atomic mass is 9.35. The third-order valence-corrected chi connectivity index (χ3v) is 14.4. The summed E-state index contributed by atoms with van der Waals surface area (Å²) in [5.74, 6) is 4.33. The highest BCUT2D eigenvalue weighted by molar-refractivity contribution is 5.95. The molecule has 0 radical (unpaired) electrons. The number of carboxylic acid groups (broad SMARTS) is 1. The molecule has 2 unspecified atom stereocenters. The van der Waals surface area contributed by atoms with Crippen LogP contribution in [0.5, 0.6) is 5.75 Å². The fraction of sp³-hybridized carbons (Fsp3) is 0.600. The fourth-order valence-corrected chi connectivity index (χ4v) is 11.9. The summed E-state index contributed by atoms with van der Waals surface area (Å²) in [6.07, 6.45) is 22.4. The number of piperidine rings is 1. The summed E-state index contributed by atoms with van der Waals surface area (Å²) in [5, 5.41) is 28.4. The van der Waals surface area contributed by atoms with Gasteiger partial charge < -0.3 is 20.8 Å². The zero-order valence-corrected chi connectivity index (χ0v) is 27.9. The molecule has 8 heteroatoms. The van der Waals surface area contributed by atoms with Crippen LogP contribution in [0.1, 0.15) is 83.5 Å². The van der Waals surface area contributed by atoms with Crippen LogP contribution in [0.2, 0.25) is 0 Å². The molecule has 5 saturated carbocycles. The zero-order valence-electron chi connectivity index (χ0n) is 27.9. The fourth-order valence-electron chi connectivity index (χ4n) is 11.9. The van der Waals surface area contributed by atoms with Gasteiger partial charge in [-0.15, -0.1) is 10.2 Å². The summed E-state index contributed by atoms with van der Waals surface area (Å²) < 4.78 is 0. The molecule has 252 valence electrons. The van der Waals surface area contributed by atoms with Crippen LogP contribution in [0.25, 0.3) is 11.3 Å². The Kier molecular flexibility index (Phi) is 7.25. The van der Waals surface area contributed by atoms with E-state index >= 15 is 0 Å². The minimum Gasteiger partial charge on any atom is -0.507 e. The number of aromatic nitrogens is 2. The molecule has 2 aromatic rings. The van der Waals surface area contributed by atoms with Crippen molar-refractivity contribution < 1.29 is 15.0 Å². The molecular formula is C40H49N5O3. The second-order valence-corrected chi connectivity index (χ2v) is 16.7. The van der Waals surface area contributed by atoms with Gasteiger partial charge in [-0.25, -0.2) is 0 Å². The topological polar surface area (TPSA) is 125 Å². The number of carboxylic acids is 1. The summed E-state index contributed by atoms with van der Waals surface area (Å²) in [6, 6.07) is 9.26. The number of nitrogens with two attached hydrogens (primary N) is 1. The molecule has 0 amide bonds. The smallest absolute Gasteiger partial charge is 0.306 e. The summed E-state index contributed by atoms with van der Waals surface area (Å²) in [5.41, 5.74) is 12.3. The zero-order chi connectivity index (χ0) is 32.6. The van der Waals surface area contributed by atoms with Crippen LogP contribution in [0.3, 0.4) is 0 Å². The van der Waals surface area contributed by atoms with E-state index in [0.717, 1.165) is 62.7 Å². The molecule has 1 aromatic heterocycles. The van der Waals surface area contributed by atoms with Gasteiger partial charge in [0.05, 0.1) is 17.3 Å². The van der Waals surface area contributed by atoms with E-state index in [0.29, 0.717) is 46.2 Å². The molecule has 7 aliphatic rings. The van der Waals surface area contributed by atoms with E-state index in [1.807, 2.05) is 24.3 Å². The molecule has 3 heterocycles. The number of nitrogen functional groups attached to an aromatic ring is 1. The largest absolute Gasteiger partial charge is 0.507 e. The first kappa shape index (κ1) is 30.4. The van der Waals surface area contributed by atoms with Crippen molar-refractivity contribution in [3.63, 3.8) is 0 Å². The summed E-state index contributed by atoms with van der Waals surface area (Å²) in [4.78, 5) is 19.1. The van der Waals surface area contributed by atoms with Crippen LogP contribution in [-0.2, 0) is 4.79 Å². The van der Waals surface area contributed by atoms with Crippen LogP contribution in [0.15, 0.2) is 59.2 Å². The highest BCUT2D eigenvalue weighted by Gasteiger charge is 2.68. The second-order valence-electron chi connectivity index (χ2n) is 16.7. The molecular weight excluding hydrogens is 598 g/mol. The quantitative estimate of drug-likeness (QED) is 0.294. The molecule has 2 aliphatic heterocycles. The first-order valence-corrected chi connectivity index (χ1v) is 18.6. The summed E-state index contributed by atoms with van der Waals surface area (Å²) >= 11 is 0. The van der Waals surface area contributed by atoms with Gasteiger partial charge >= 0.3 is 5.97 Å². The molecule has 1 aromatic carbocycles. The third kappa shape index (κ3) is 4.91. The average molecular weight is 648 g/mol. The van der Waals surface area contributed by atoms with Crippen LogP contribution in [0.4, 0.5) is 11.5 Å². The molecule has 1 saturated heterocycles. The van der Waals surface area contributed by atoms with Crippen molar-refractivity contribution in [3.05, 3.63) is 54.3 Å². The van der Waals surface area contributed by atoms with Gasteiger partial charge in [0.1, 0.15) is 5.75 Å². The maximum Gasteiger partial charge on any atom is 0.306 e. The van der Waals surface area contributed by atoms with Gasteiger partial charge in [0.15, 0.2) is 5.82 Å². The standard InChI is InChI=1S/C40H49N5O3/c41-37-33(16-32(43-44-37)31-5-1-2-6-34(31)46)45-22-29-19-40(20-30(23-45)36(29)40)35-7-3-4-27(21-42-35)24-8-10-25(11-9-24)28-17-39(18-28)14-12-26(13-15-39)38(47)48/h1-6,16,21,24-26,28-30,36,46H,7-15,17-20,22-23H2,(H2,41,44)(H,47,48)/t24?,25?,26-,28-,29?,30?,36?,39?,40?. The minimum atomic E-state index is -0.585. The SMILES string of the molecule is Nc1nnc(-c2ccccc2O)cc1N1CC2CC3(C4=NC=C(C5CCC([C@H]6CC7(CC[C@H](C(=O)O)CC7)C6)CC5)C=CC4)CC(C1)C23. The van der Waals surface area contributed by atoms with Gasteiger partial charge in [-0.05, 0) is 142 Å². The molecule has 1 spiro atoms. The predicted octanol–water partition coefficient (Wildman–Crippen LogP) is 7.66. The first-order valence-electron chi connectivity index (χ1n) is 18.6. The van der Waals surface area contributed by atoms with Gasteiger partial charge in [-0.1, -0.05) is 24.3 Å². The van der Waals surface area contributed by atoms with Gasteiger partial charge in [0.25, 0.3) is 0 Å². The summed E-state index contributed by atoms with van der Waals surface area (Å²) in [6.45, 7) is 1.97. The van der Waals surface area contributed by atoms with Crippen LogP contribution in [-0.4, -0.2) is 45.2 Å². The Morgan fingerprint density at radius 3 is 2.33 bits per heavy atom. The van der Waals surface area contributed by atoms with Crippen molar-refractivity contribution in [1.29, 1.82) is 0 Å². The lowest BCUT2D eigenvalue weighted by molar-refractivity contribution is -0.145. The lowest BCUT2D eigenvalue weighted by Gasteiger charge is -2.71. The highest BCUT2D eigenvalue weighted by atomic mass is 16.4. The van der Waals surface area contributed by atoms with E-state index in [9.17, 15) is 15.0 Å². The molecule has 48 heavy (non-hydrogen) atoms. The number of para-hydroxylation sites is 1. The Morgan fingerprint density at radius 1 is 0.896 bits per heavy atom. The van der Waals surface area contributed by atoms with E-state index in [1.54, 1.807) is 6.07 Å². The van der Waals surface area contributed by atoms with Crippen molar-refractivity contribution in [1.82, 2.24) is 10.2 Å². The lowest BCUT2D eigenvalue weighted by Crippen LogP contribution is -2.71. The van der Waals surface area contributed by atoms with Crippen molar-refractivity contribution in [2.24, 2.45) is 57.2 Å². The minimum absolute atomic E-state index is 0.0970. The molecule has 9 rings (SSSR count). The Bertz CT molecular complexity index is 1670. The Balaban J connectivity index is 0.807. The average Bonchev–Trinajstić information content (AvgIpc) is 3.31. The molecule has 6 fully saturated rings. The molecule has 5 aliphatic carbocycles. The normalized spacial score (nSPS) is 38.4. The summed E-state index contributed by atoms with van der Waals surface area (Å²) in [7, 11) is 0. The maximum absolute atomic E-state index is 11.4. The Labute approximate surface area is 283 Å². The van der Waals surface area contributed by atoms with E-state index in [4.69, 9.17) is 10.7 Å². The monoisotopic (exact) mass is 647 g/mol. The number of anilines is 2. The van der Waals surface area contributed by atoms with Gasteiger partial charge in [-0.3, -0.25) is 9.79 Å². The molecule has 2 atom stereocenters. The van der Waals surface area contributed by atoms with Crippen molar-refractivity contribution >= 4 is 23.2 Å². The van der Waals surface area contributed by atoms with E-state index < -0.39 is 5.97 Å². The number of aromatic hydroxyl groups is 1. The number of nitrogens with zero attached hydrogens (tertiary/aromatic N) is 4. The van der Waals surface area contributed by atoms with E-state index in [2.05, 4.69) is 33.4 Å². The van der Waals surface area contributed by atoms with Gasteiger partial charge in [-0.2, -0.15) is 0 Å². The number of hydrogen-bond donors (Lipinski definition) is 3. The number of benzene rings is 1. The Morgan fingerprint density at radius 2 is 1.62 bits per heavy atom. The highest BCUT2D eigenvalue weighted by Crippen LogP contribution is 2.70. The number of phenolic OH excluding ortho intramolecular Hbond substituents is 1. The van der Waals surface area contributed by atoms with Gasteiger partial charge in [0.2, 0.25) is 0 Å². The van der Waals surface area contributed by atoms with Crippen LogP contribution < -0.4 is 10.6 Å². The number of allylic oxidation sites excluding steroid dienone is 3. The first-order chi connectivity index (χ1) is 23.3. The molecule has 8 nitrogen and oxygen atoms in total. The number of aliphatic carboxylic acids is 1. The van der Waals surface area contributed by atoms with Gasteiger partial charge in [0, 0.05) is 42.4 Å². The third-order valence-electron chi connectivity index (χ3n) is 14.4. The maximum atomic E-state index is 11.4. The number of rotatable bonds is 6. The number of hydrogen-bond acceptors (Lipinski definition) is 7. The number of phenols is 1. The Hall–Kier alpha value is -3.68. The van der Waals surface area contributed by atoms with Crippen molar-refractivity contribution in [2.75, 3.05) is 23.7 Å². The number of aliphatic imine (C=N–C) groups is 1. The van der Waals surface area contributed by atoms with Crippen molar-refractivity contribution in [2.45, 2.75) is 83.5 Å². The van der Waals surface area contributed by atoms with E-state index in [-0.39, 0.29) is 17.1 Å². The predicted molar refractivity (Wildman–Crippen MR) is 187 cm³/mol.